The number of ether oxygens (including phenoxy) is 2. The maximum atomic E-state index is 11.1. The molecule has 0 aromatic heterocycles. The minimum Gasteiger partial charge on any atom is -0.496 e. The molecule has 1 rings (SSSR count). The second-order valence-electron chi connectivity index (χ2n) is 4.65. The number of carbonyl (C=O) groups is 1. The summed E-state index contributed by atoms with van der Waals surface area (Å²) in [5.41, 5.74) is 1.17. The number of hydrogen-bond donors (Lipinski definition) is 1. The minimum atomic E-state index is -0.155. The fourth-order valence-corrected chi connectivity index (χ4v) is 3.00. The summed E-state index contributed by atoms with van der Waals surface area (Å²) in [6.07, 6.45) is 1.53. The third-order valence-corrected chi connectivity index (χ3v) is 4.18. The summed E-state index contributed by atoms with van der Waals surface area (Å²) >= 11 is 1.75. The normalized spacial score (nSPS) is 12.0. The van der Waals surface area contributed by atoms with E-state index in [4.69, 9.17) is 4.74 Å². The molecule has 0 spiro atoms. The van der Waals surface area contributed by atoms with Crippen molar-refractivity contribution in [3.05, 3.63) is 29.8 Å². The van der Waals surface area contributed by atoms with Gasteiger partial charge >= 0.3 is 5.97 Å². The van der Waals surface area contributed by atoms with Crippen LogP contribution in [0.25, 0.3) is 0 Å². The number of para-hydroxylation sites is 1. The van der Waals surface area contributed by atoms with Gasteiger partial charge in [-0.3, -0.25) is 4.79 Å². The van der Waals surface area contributed by atoms with E-state index in [1.807, 2.05) is 18.2 Å². The van der Waals surface area contributed by atoms with Crippen LogP contribution in [0, 0.1) is 0 Å². The SMILES string of the molecule is CCCNC(CSCCC(=O)OC)c1ccccc1OC. The molecule has 0 fully saturated rings. The van der Waals surface area contributed by atoms with E-state index >= 15 is 0 Å². The van der Waals surface area contributed by atoms with E-state index in [2.05, 4.69) is 23.0 Å². The van der Waals surface area contributed by atoms with E-state index < -0.39 is 0 Å². The highest BCUT2D eigenvalue weighted by molar-refractivity contribution is 7.99. The Balaban J connectivity index is 2.60. The lowest BCUT2D eigenvalue weighted by atomic mass is 10.1. The Hall–Kier alpha value is -1.20. The van der Waals surface area contributed by atoms with Gasteiger partial charge in [0.05, 0.1) is 20.6 Å². The van der Waals surface area contributed by atoms with Crippen LogP contribution in [-0.2, 0) is 9.53 Å². The zero-order valence-electron chi connectivity index (χ0n) is 13.1. The Labute approximate surface area is 131 Å². The van der Waals surface area contributed by atoms with Gasteiger partial charge in [-0.05, 0) is 19.0 Å². The van der Waals surface area contributed by atoms with Crippen molar-refractivity contribution in [3.8, 4) is 5.75 Å². The third kappa shape index (κ3) is 6.40. The van der Waals surface area contributed by atoms with Crippen LogP contribution in [0.4, 0.5) is 0 Å². The zero-order valence-corrected chi connectivity index (χ0v) is 13.9. The van der Waals surface area contributed by atoms with Gasteiger partial charge in [-0.15, -0.1) is 0 Å². The van der Waals surface area contributed by atoms with Gasteiger partial charge in [0.15, 0.2) is 0 Å². The lowest BCUT2D eigenvalue weighted by Crippen LogP contribution is -2.24. The van der Waals surface area contributed by atoms with Crippen molar-refractivity contribution < 1.29 is 14.3 Å². The van der Waals surface area contributed by atoms with Crippen molar-refractivity contribution in [3.63, 3.8) is 0 Å². The van der Waals surface area contributed by atoms with Crippen LogP contribution in [0.15, 0.2) is 24.3 Å². The summed E-state index contributed by atoms with van der Waals surface area (Å²) in [5, 5.41) is 3.55. The first kappa shape index (κ1) is 17.9. The molecule has 1 atom stereocenters. The molecule has 0 heterocycles. The van der Waals surface area contributed by atoms with Crippen molar-refractivity contribution in [1.82, 2.24) is 5.32 Å². The molecule has 0 saturated heterocycles. The largest absolute Gasteiger partial charge is 0.496 e. The summed E-state index contributed by atoms with van der Waals surface area (Å²) in [5.74, 6) is 2.42. The molecular weight excluding hydrogens is 286 g/mol. The van der Waals surface area contributed by atoms with Crippen molar-refractivity contribution in [2.75, 3.05) is 32.3 Å². The van der Waals surface area contributed by atoms with Crippen molar-refractivity contribution in [1.29, 1.82) is 0 Å². The first-order chi connectivity index (χ1) is 10.2. The van der Waals surface area contributed by atoms with Crippen molar-refractivity contribution in [2.45, 2.75) is 25.8 Å². The van der Waals surface area contributed by atoms with E-state index in [1.165, 1.54) is 12.7 Å². The van der Waals surface area contributed by atoms with Gasteiger partial charge in [0.25, 0.3) is 0 Å². The number of hydrogen-bond acceptors (Lipinski definition) is 5. The smallest absolute Gasteiger partial charge is 0.306 e. The average Bonchev–Trinajstić information content (AvgIpc) is 2.53. The van der Waals surface area contributed by atoms with Gasteiger partial charge in [-0.1, -0.05) is 25.1 Å². The molecule has 1 N–H and O–H groups in total. The number of rotatable bonds is 10. The monoisotopic (exact) mass is 311 g/mol. The molecule has 0 aliphatic heterocycles. The number of esters is 1. The standard InChI is InChI=1S/C16H25NO3S/c1-4-10-17-14(12-21-11-9-16(18)20-3)13-7-5-6-8-15(13)19-2/h5-8,14,17H,4,9-12H2,1-3H3. The minimum absolute atomic E-state index is 0.155. The van der Waals surface area contributed by atoms with Gasteiger partial charge in [-0.2, -0.15) is 11.8 Å². The number of carbonyl (C=O) groups excluding carboxylic acids is 1. The molecule has 1 unspecified atom stereocenters. The Morgan fingerprint density at radius 3 is 2.76 bits per heavy atom. The summed E-state index contributed by atoms with van der Waals surface area (Å²) in [6, 6.07) is 8.30. The highest BCUT2D eigenvalue weighted by Gasteiger charge is 2.15. The number of benzene rings is 1. The Morgan fingerprint density at radius 1 is 1.33 bits per heavy atom. The molecule has 0 amide bonds. The van der Waals surface area contributed by atoms with Crippen molar-refractivity contribution in [2.24, 2.45) is 0 Å². The van der Waals surface area contributed by atoms with E-state index in [9.17, 15) is 4.79 Å². The van der Waals surface area contributed by atoms with Crippen LogP contribution in [0.2, 0.25) is 0 Å². The molecule has 0 saturated carbocycles. The molecule has 118 valence electrons. The topological polar surface area (TPSA) is 47.6 Å². The summed E-state index contributed by atoms with van der Waals surface area (Å²) in [7, 11) is 3.12. The highest BCUT2D eigenvalue weighted by Crippen LogP contribution is 2.27. The molecular formula is C16H25NO3S. The second kappa shape index (κ2) is 10.5. The Morgan fingerprint density at radius 2 is 2.10 bits per heavy atom. The first-order valence-electron chi connectivity index (χ1n) is 7.23. The lowest BCUT2D eigenvalue weighted by Gasteiger charge is -2.21. The Bertz CT molecular complexity index is 426. The third-order valence-electron chi connectivity index (χ3n) is 3.12. The van der Waals surface area contributed by atoms with Gasteiger partial charge in [0.2, 0.25) is 0 Å². The molecule has 1 aromatic carbocycles. The maximum Gasteiger partial charge on any atom is 0.306 e. The van der Waals surface area contributed by atoms with Crippen LogP contribution in [0.5, 0.6) is 5.75 Å². The van der Waals surface area contributed by atoms with E-state index in [0.29, 0.717) is 6.42 Å². The predicted molar refractivity (Wildman–Crippen MR) is 88.0 cm³/mol. The molecule has 5 heteroatoms. The van der Waals surface area contributed by atoms with Crippen LogP contribution >= 0.6 is 11.8 Å². The van der Waals surface area contributed by atoms with Gasteiger partial charge in [-0.25, -0.2) is 0 Å². The van der Waals surface area contributed by atoms with Crippen LogP contribution in [0.3, 0.4) is 0 Å². The lowest BCUT2D eigenvalue weighted by molar-refractivity contribution is -0.140. The van der Waals surface area contributed by atoms with Crippen LogP contribution in [-0.4, -0.2) is 38.2 Å². The van der Waals surface area contributed by atoms with Gasteiger partial charge < -0.3 is 14.8 Å². The molecule has 0 bridgehead atoms. The second-order valence-corrected chi connectivity index (χ2v) is 5.80. The van der Waals surface area contributed by atoms with Crippen molar-refractivity contribution >= 4 is 17.7 Å². The summed E-state index contributed by atoms with van der Waals surface area (Å²) in [4.78, 5) is 11.1. The number of nitrogens with one attached hydrogen (secondary N) is 1. The van der Waals surface area contributed by atoms with Crippen LogP contribution < -0.4 is 10.1 Å². The van der Waals surface area contributed by atoms with Gasteiger partial charge in [0.1, 0.15) is 5.75 Å². The molecule has 0 radical (unpaired) electrons. The molecule has 0 aliphatic rings. The van der Waals surface area contributed by atoms with E-state index in [1.54, 1.807) is 18.9 Å². The van der Waals surface area contributed by atoms with E-state index in [-0.39, 0.29) is 12.0 Å². The zero-order chi connectivity index (χ0) is 15.5. The number of thioether (sulfide) groups is 1. The van der Waals surface area contributed by atoms with E-state index in [0.717, 1.165) is 30.2 Å². The molecule has 21 heavy (non-hydrogen) atoms. The van der Waals surface area contributed by atoms with Gasteiger partial charge in [0, 0.05) is 23.1 Å². The maximum absolute atomic E-state index is 11.1. The highest BCUT2D eigenvalue weighted by atomic mass is 32.2. The molecule has 1 aromatic rings. The fourth-order valence-electron chi connectivity index (χ4n) is 1.99. The Kier molecular flexibility index (Phi) is 8.94. The summed E-state index contributed by atoms with van der Waals surface area (Å²) < 4.78 is 10.1. The van der Waals surface area contributed by atoms with Crippen LogP contribution in [0.1, 0.15) is 31.4 Å². The quantitative estimate of drug-likeness (QED) is 0.531. The molecule has 0 aliphatic carbocycles. The average molecular weight is 311 g/mol. The summed E-state index contributed by atoms with van der Waals surface area (Å²) in [6.45, 7) is 3.11. The first-order valence-corrected chi connectivity index (χ1v) is 8.39. The fraction of sp³-hybridized carbons (Fsp3) is 0.562. The number of methoxy groups -OCH3 is 2. The predicted octanol–water partition coefficient (Wildman–Crippen LogP) is 3.03. The molecule has 4 nitrogen and oxygen atoms in total.